The normalized spacial score (nSPS) is 27.4. The molecule has 3 unspecified atom stereocenters. The SMILES string of the molecule is CCCCCN(CC1CC(CCC)CCC1O)C(C)C. The predicted molar refractivity (Wildman–Crippen MR) is 88.0 cm³/mol. The number of aliphatic hydroxyl groups is 1. The number of unbranched alkanes of at least 4 members (excludes halogenated alkanes) is 2. The summed E-state index contributed by atoms with van der Waals surface area (Å²) in [6, 6.07) is 0.602. The van der Waals surface area contributed by atoms with E-state index >= 15 is 0 Å². The van der Waals surface area contributed by atoms with Gasteiger partial charge in [-0.25, -0.2) is 0 Å². The van der Waals surface area contributed by atoms with E-state index in [1.807, 2.05) is 0 Å². The highest BCUT2D eigenvalue weighted by molar-refractivity contribution is 4.82. The second kappa shape index (κ2) is 9.78. The first kappa shape index (κ1) is 18.0. The molecule has 0 spiro atoms. The van der Waals surface area contributed by atoms with Gasteiger partial charge >= 0.3 is 0 Å². The van der Waals surface area contributed by atoms with E-state index in [1.54, 1.807) is 0 Å². The average Bonchev–Trinajstić information content (AvgIpc) is 2.41. The molecule has 1 N–H and O–H groups in total. The molecule has 0 aromatic carbocycles. The van der Waals surface area contributed by atoms with Crippen molar-refractivity contribution in [1.82, 2.24) is 4.90 Å². The minimum absolute atomic E-state index is 0.0597. The summed E-state index contributed by atoms with van der Waals surface area (Å²) in [6.07, 6.45) is 10.0. The van der Waals surface area contributed by atoms with Gasteiger partial charge in [-0.2, -0.15) is 0 Å². The van der Waals surface area contributed by atoms with Crippen LogP contribution in [0.15, 0.2) is 0 Å². The summed E-state index contributed by atoms with van der Waals surface area (Å²) in [7, 11) is 0. The molecule has 1 rings (SSSR count). The van der Waals surface area contributed by atoms with Crippen molar-refractivity contribution in [3.8, 4) is 0 Å². The summed E-state index contributed by atoms with van der Waals surface area (Å²) >= 11 is 0. The van der Waals surface area contributed by atoms with Gasteiger partial charge in [-0.05, 0) is 57.9 Å². The molecule has 0 aliphatic heterocycles. The maximum absolute atomic E-state index is 10.3. The Kier molecular flexibility index (Phi) is 8.79. The molecule has 2 heteroatoms. The van der Waals surface area contributed by atoms with Crippen LogP contribution in [0.4, 0.5) is 0 Å². The van der Waals surface area contributed by atoms with E-state index in [2.05, 4.69) is 32.6 Å². The Bertz CT molecular complexity index is 242. The van der Waals surface area contributed by atoms with Crippen LogP contribution in [-0.2, 0) is 0 Å². The lowest BCUT2D eigenvalue weighted by molar-refractivity contribution is 0.0197. The van der Waals surface area contributed by atoms with E-state index in [0.29, 0.717) is 12.0 Å². The molecule has 0 bridgehead atoms. The lowest BCUT2D eigenvalue weighted by Gasteiger charge is -2.38. The lowest BCUT2D eigenvalue weighted by Crippen LogP contribution is -2.42. The van der Waals surface area contributed by atoms with Crippen LogP contribution in [0.25, 0.3) is 0 Å². The van der Waals surface area contributed by atoms with Crippen LogP contribution in [0, 0.1) is 11.8 Å². The topological polar surface area (TPSA) is 23.5 Å². The summed E-state index contributed by atoms with van der Waals surface area (Å²) in [5, 5.41) is 10.3. The first-order valence-electron chi connectivity index (χ1n) is 9.00. The van der Waals surface area contributed by atoms with Gasteiger partial charge in [0.05, 0.1) is 6.10 Å². The van der Waals surface area contributed by atoms with Crippen LogP contribution in [0.2, 0.25) is 0 Å². The minimum Gasteiger partial charge on any atom is -0.393 e. The third-order valence-corrected chi connectivity index (χ3v) is 5.00. The molecule has 20 heavy (non-hydrogen) atoms. The smallest absolute Gasteiger partial charge is 0.0580 e. The molecule has 0 amide bonds. The van der Waals surface area contributed by atoms with Gasteiger partial charge in [-0.3, -0.25) is 0 Å². The predicted octanol–water partition coefficient (Wildman–Crippen LogP) is 4.46. The summed E-state index contributed by atoms with van der Waals surface area (Å²) < 4.78 is 0. The molecule has 1 saturated carbocycles. The molecular weight excluding hydrogens is 246 g/mol. The maximum Gasteiger partial charge on any atom is 0.0580 e. The van der Waals surface area contributed by atoms with E-state index < -0.39 is 0 Å². The fourth-order valence-electron chi connectivity index (χ4n) is 3.64. The van der Waals surface area contributed by atoms with Crippen LogP contribution >= 0.6 is 0 Å². The van der Waals surface area contributed by atoms with E-state index in [-0.39, 0.29) is 6.10 Å². The summed E-state index contributed by atoms with van der Waals surface area (Å²) in [5.74, 6) is 1.36. The Morgan fingerprint density at radius 3 is 2.45 bits per heavy atom. The zero-order chi connectivity index (χ0) is 15.0. The van der Waals surface area contributed by atoms with Gasteiger partial charge in [-0.1, -0.05) is 39.5 Å². The summed E-state index contributed by atoms with van der Waals surface area (Å²) in [5.41, 5.74) is 0. The van der Waals surface area contributed by atoms with Crippen molar-refractivity contribution in [2.45, 2.75) is 91.2 Å². The molecule has 1 fully saturated rings. The third kappa shape index (κ3) is 6.13. The number of nitrogens with zero attached hydrogens (tertiary/aromatic N) is 1. The summed E-state index contributed by atoms with van der Waals surface area (Å²) in [6.45, 7) is 11.4. The van der Waals surface area contributed by atoms with Gasteiger partial charge in [0, 0.05) is 12.6 Å². The fourth-order valence-corrected chi connectivity index (χ4v) is 3.64. The molecule has 2 nitrogen and oxygen atoms in total. The van der Waals surface area contributed by atoms with Gasteiger partial charge < -0.3 is 10.0 Å². The van der Waals surface area contributed by atoms with Crippen molar-refractivity contribution < 1.29 is 5.11 Å². The zero-order valence-corrected chi connectivity index (χ0v) is 14.3. The number of hydrogen-bond donors (Lipinski definition) is 1. The molecule has 1 aliphatic carbocycles. The fraction of sp³-hybridized carbons (Fsp3) is 1.00. The van der Waals surface area contributed by atoms with Crippen molar-refractivity contribution in [1.29, 1.82) is 0 Å². The first-order chi connectivity index (χ1) is 9.58. The Balaban J connectivity index is 2.47. The van der Waals surface area contributed by atoms with Gasteiger partial charge in [0.25, 0.3) is 0 Å². The maximum atomic E-state index is 10.3. The molecule has 0 aromatic rings. The average molecular weight is 284 g/mol. The van der Waals surface area contributed by atoms with Crippen molar-refractivity contribution in [2.24, 2.45) is 11.8 Å². The van der Waals surface area contributed by atoms with E-state index in [0.717, 1.165) is 18.9 Å². The van der Waals surface area contributed by atoms with Crippen molar-refractivity contribution in [3.05, 3.63) is 0 Å². The number of aliphatic hydroxyl groups excluding tert-OH is 1. The second-order valence-electron chi connectivity index (χ2n) is 7.09. The van der Waals surface area contributed by atoms with Crippen LogP contribution in [-0.4, -0.2) is 35.2 Å². The van der Waals surface area contributed by atoms with E-state index in [9.17, 15) is 5.11 Å². The van der Waals surface area contributed by atoms with Crippen molar-refractivity contribution in [2.75, 3.05) is 13.1 Å². The Labute approximate surface area is 126 Å². The molecular formula is C18H37NO. The Hall–Kier alpha value is -0.0800. The largest absolute Gasteiger partial charge is 0.393 e. The standard InChI is InChI=1S/C18H37NO/c1-5-7-8-12-19(15(3)4)14-17-13-16(9-6-2)10-11-18(17)20/h15-18,20H,5-14H2,1-4H3. The molecule has 0 radical (unpaired) electrons. The van der Waals surface area contributed by atoms with Gasteiger partial charge in [0.15, 0.2) is 0 Å². The quantitative estimate of drug-likeness (QED) is 0.631. The molecule has 0 aromatic heterocycles. The zero-order valence-electron chi connectivity index (χ0n) is 14.3. The molecule has 0 saturated heterocycles. The van der Waals surface area contributed by atoms with Gasteiger partial charge in [0.1, 0.15) is 0 Å². The van der Waals surface area contributed by atoms with Crippen LogP contribution in [0.3, 0.4) is 0 Å². The summed E-state index contributed by atoms with van der Waals surface area (Å²) in [4.78, 5) is 2.60. The van der Waals surface area contributed by atoms with Crippen molar-refractivity contribution in [3.63, 3.8) is 0 Å². The Morgan fingerprint density at radius 2 is 1.85 bits per heavy atom. The highest BCUT2D eigenvalue weighted by Gasteiger charge is 2.30. The lowest BCUT2D eigenvalue weighted by atomic mass is 9.77. The van der Waals surface area contributed by atoms with Gasteiger partial charge in [0.2, 0.25) is 0 Å². The monoisotopic (exact) mass is 283 g/mol. The highest BCUT2D eigenvalue weighted by Crippen LogP contribution is 2.33. The minimum atomic E-state index is -0.0597. The van der Waals surface area contributed by atoms with E-state index in [1.165, 1.54) is 51.5 Å². The molecule has 1 aliphatic rings. The third-order valence-electron chi connectivity index (χ3n) is 5.00. The Morgan fingerprint density at radius 1 is 1.10 bits per heavy atom. The molecule has 120 valence electrons. The molecule has 3 atom stereocenters. The second-order valence-corrected chi connectivity index (χ2v) is 7.09. The van der Waals surface area contributed by atoms with Crippen molar-refractivity contribution >= 4 is 0 Å². The number of rotatable bonds is 9. The van der Waals surface area contributed by atoms with Gasteiger partial charge in [-0.15, -0.1) is 0 Å². The highest BCUT2D eigenvalue weighted by atomic mass is 16.3. The van der Waals surface area contributed by atoms with Crippen LogP contribution < -0.4 is 0 Å². The van der Waals surface area contributed by atoms with E-state index in [4.69, 9.17) is 0 Å². The first-order valence-corrected chi connectivity index (χ1v) is 9.00. The van der Waals surface area contributed by atoms with Crippen LogP contribution in [0.1, 0.15) is 79.1 Å². The van der Waals surface area contributed by atoms with Crippen LogP contribution in [0.5, 0.6) is 0 Å². The molecule has 0 heterocycles. The number of hydrogen-bond acceptors (Lipinski definition) is 2.